The predicted molar refractivity (Wildman–Crippen MR) is 93.5 cm³/mol. The highest BCUT2D eigenvalue weighted by Gasteiger charge is 2.10. The van der Waals surface area contributed by atoms with Crippen LogP contribution in [0.4, 0.5) is 5.69 Å². The molecule has 0 unspecified atom stereocenters. The molecule has 0 aliphatic heterocycles. The Morgan fingerprint density at radius 3 is 2.75 bits per heavy atom. The summed E-state index contributed by atoms with van der Waals surface area (Å²) in [5.74, 6) is 0.803. The van der Waals surface area contributed by atoms with Crippen molar-refractivity contribution in [3.05, 3.63) is 79.7 Å². The van der Waals surface area contributed by atoms with Crippen LogP contribution < -0.4 is 0 Å². The second kappa shape index (κ2) is 6.82. The van der Waals surface area contributed by atoms with E-state index in [1.54, 1.807) is 42.5 Å². The summed E-state index contributed by atoms with van der Waals surface area (Å²) in [6.45, 7) is 0. The first kappa shape index (κ1) is 16.2. The van der Waals surface area contributed by atoms with Crippen molar-refractivity contribution in [3.63, 3.8) is 0 Å². The van der Waals surface area contributed by atoms with Crippen molar-refractivity contribution < 1.29 is 14.1 Å². The number of rotatable bonds is 5. The molecule has 1 aromatic carbocycles. The fourth-order valence-electron chi connectivity index (χ4n) is 2.06. The number of nitro groups is 1. The standard InChI is InChI=1S/C17H10ClNO4S/c18-17-9-8-16(24-17)14(20)6-4-13-5-7-15(23-13)11-2-1-3-12(10-11)19(21)22/h1-10H. The summed E-state index contributed by atoms with van der Waals surface area (Å²) in [7, 11) is 0. The van der Waals surface area contributed by atoms with Crippen molar-refractivity contribution >= 4 is 40.5 Å². The number of carbonyl (C=O) groups is 1. The molecule has 2 heterocycles. The van der Waals surface area contributed by atoms with E-state index < -0.39 is 4.92 Å². The van der Waals surface area contributed by atoms with E-state index in [0.29, 0.717) is 26.3 Å². The van der Waals surface area contributed by atoms with E-state index >= 15 is 0 Å². The van der Waals surface area contributed by atoms with Crippen molar-refractivity contribution in [1.29, 1.82) is 0 Å². The fourth-order valence-corrected chi connectivity index (χ4v) is 3.02. The zero-order valence-electron chi connectivity index (χ0n) is 12.1. The van der Waals surface area contributed by atoms with Gasteiger partial charge in [-0.3, -0.25) is 14.9 Å². The maximum absolute atomic E-state index is 12.0. The van der Waals surface area contributed by atoms with Crippen LogP contribution in [0.5, 0.6) is 0 Å². The maximum Gasteiger partial charge on any atom is 0.270 e. The number of carbonyl (C=O) groups excluding carboxylic acids is 1. The van der Waals surface area contributed by atoms with E-state index in [-0.39, 0.29) is 11.5 Å². The Bertz CT molecular complexity index is 941. The van der Waals surface area contributed by atoms with Gasteiger partial charge in [0.1, 0.15) is 11.5 Å². The molecule has 0 amide bonds. The monoisotopic (exact) mass is 359 g/mol. The maximum atomic E-state index is 12.0. The van der Waals surface area contributed by atoms with Gasteiger partial charge in [-0.15, -0.1) is 11.3 Å². The van der Waals surface area contributed by atoms with E-state index in [2.05, 4.69) is 0 Å². The van der Waals surface area contributed by atoms with Gasteiger partial charge in [0.2, 0.25) is 0 Å². The lowest BCUT2D eigenvalue weighted by Crippen LogP contribution is -1.88. The molecule has 3 rings (SSSR count). The Balaban J connectivity index is 1.78. The minimum absolute atomic E-state index is 0.00857. The van der Waals surface area contributed by atoms with Crippen LogP contribution in [0.15, 0.2) is 59.0 Å². The average Bonchev–Trinajstić information content (AvgIpc) is 3.22. The zero-order valence-corrected chi connectivity index (χ0v) is 13.7. The highest BCUT2D eigenvalue weighted by atomic mass is 35.5. The van der Waals surface area contributed by atoms with Crippen LogP contribution in [-0.2, 0) is 0 Å². The third-order valence-corrected chi connectivity index (χ3v) is 4.43. The van der Waals surface area contributed by atoms with E-state index in [9.17, 15) is 14.9 Å². The van der Waals surface area contributed by atoms with E-state index in [4.69, 9.17) is 16.0 Å². The molecule has 0 saturated heterocycles. The third kappa shape index (κ3) is 3.61. The van der Waals surface area contributed by atoms with Gasteiger partial charge >= 0.3 is 0 Å². The number of hydrogen-bond acceptors (Lipinski definition) is 5. The topological polar surface area (TPSA) is 73.3 Å². The number of allylic oxidation sites excluding steroid dienone is 1. The van der Waals surface area contributed by atoms with Crippen LogP contribution in [0.3, 0.4) is 0 Å². The number of halogens is 1. The van der Waals surface area contributed by atoms with Crippen LogP contribution in [0.1, 0.15) is 15.4 Å². The van der Waals surface area contributed by atoms with E-state index in [1.807, 2.05) is 0 Å². The number of non-ortho nitro benzene ring substituents is 1. The Labute approximate surface area is 146 Å². The van der Waals surface area contributed by atoms with Crippen LogP contribution in [0, 0.1) is 10.1 Å². The molecular formula is C17H10ClNO4S. The summed E-state index contributed by atoms with van der Waals surface area (Å²) in [5.41, 5.74) is 0.589. The molecule has 5 nitrogen and oxygen atoms in total. The summed E-state index contributed by atoms with van der Waals surface area (Å²) in [6.07, 6.45) is 2.95. The number of ketones is 1. The minimum atomic E-state index is -0.460. The molecule has 2 aromatic heterocycles. The molecule has 0 spiro atoms. The van der Waals surface area contributed by atoms with Crippen molar-refractivity contribution in [2.75, 3.05) is 0 Å². The lowest BCUT2D eigenvalue weighted by atomic mass is 10.1. The van der Waals surface area contributed by atoms with E-state index in [1.165, 1.54) is 29.5 Å². The highest BCUT2D eigenvalue weighted by Crippen LogP contribution is 2.26. The van der Waals surface area contributed by atoms with E-state index in [0.717, 1.165) is 0 Å². The molecule has 0 saturated carbocycles. The number of hydrogen-bond donors (Lipinski definition) is 0. The molecule has 0 aliphatic carbocycles. The number of furan rings is 1. The average molecular weight is 360 g/mol. The number of benzene rings is 1. The lowest BCUT2D eigenvalue weighted by Gasteiger charge is -1.96. The van der Waals surface area contributed by atoms with Crippen LogP contribution in [0.2, 0.25) is 4.34 Å². The number of nitro benzene ring substituents is 1. The fraction of sp³-hybridized carbons (Fsp3) is 0. The molecule has 0 aliphatic rings. The molecule has 24 heavy (non-hydrogen) atoms. The van der Waals surface area contributed by atoms with Gasteiger partial charge in [-0.05, 0) is 36.4 Å². The summed E-state index contributed by atoms with van der Waals surface area (Å²) in [4.78, 5) is 22.9. The lowest BCUT2D eigenvalue weighted by molar-refractivity contribution is -0.384. The minimum Gasteiger partial charge on any atom is -0.457 e. The smallest absolute Gasteiger partial charge is 0.270 e. The SMILES string of the molecule is O=C(C=Cc1ccc(-c2cccc([N+](=O)[O-])c2)o1)c1ccc(Cl)s1. The van der Waals surface area contributed by atoms with Crippen LogP contribution in [-0.4, -0.2) is 10.7 Å². The summed E-state index contributed by atoms with van der Waals surface area (Å²) in [5, 5.41) is 10.8. The quantitative estimate of drug-likeness (QED) is 0.262. The largest absolute Gasteiger partial charge is 0.457 e. The number of thiophene rings is 1. The van der Waals surface area contributed by atoms with Crippen molar-refractivity contribution in [2.45, 2.75) is 0 Å². The molecule has 7 heteroatoms. The molecule has 0 radical (unpaired) electrons. The Hall–Kier alpha value is -2.70. The Morgan fingerprint density at radius 2 is 2.04 bits per heavy atom. The zero-order chi connectivity index (χ0) is 17.1. The highest BCUT2D eigenvalue weighted by molar-refractivity contribution is 7.18. The summed E-state index contributed by atoms with van der Waals surface area (Å²) in [6, 6.07) is 12.9. The molecule has 0 atom stereocenters. The number of nitrogens with zero attached hydrogens (tertiary/aromatic N) is 1. The molecule has 120 valence electrons. The molecule has 0 N–H and O–H groups in total. The first-order chi connectivity index (χ1) is 11.5. The van der Waals surface area contributed by atoms with Gasteiger partial charge in [-0.2, -0.15) is 0 Å². The molecule has 0 fully saturated rings. The van der Waals surface area contributed by atoms with Crippen LogP contribution >= 0.6 is 22.9 Å². The summed E-state index contributed by atoms with van der Waals surface area (Å²) < 4.78 is 6.17. The van der Waals surface area contributed by atoms with Gasteiger partial charge in [0.15, 0.2) is 5.78 Å². The van der Waals surface area contributed by atoms with Gasteiger partial charge in [0, 0.05) is 17.7 Å². The second-order valence-electron chi connectivity index (χ2n) is 4.81. The first-order valence-electron chi connectivity index (χ1n) is 6.85. The van der Waals surface area contributed by atoms with Crippen LogP contribution in [0.25, 0.3) is 17.4 Å². The van der Waals surface area contributed by atoms with Crippen molar-refractivity contribution in [3.8, 4) is 11.3 Å². The molecular weight excluding hydrogens is 350 g/mol. The van der Waals surface area contributed by atoms with Gasteiger partial charge in [0.05, 0.1) is 14.1 Å². The van der Waals surface area contributed by atoms with Gasteiger partial charge in [-0.25, -0.2) is 0 Å². The van der Waals surface area contributed by atoms with Gasteiger partial charge < -0.3 is 4.42 Å². The Kier molecular flexibility index (Phi) is 4.59. The predicted octanol–water partition coefficient (Wildman–Crippen LogP) is 5.47. The van der Waals surface area contributed by atoms with Crippen molar-refractivity contribution in [2.24, 2.45) is 0 Å². The normalized spacial score (nSPS) is 11.0. The molecule has 0 bridgehead atoms. The first-order valence-corrected chi connectivity index (χ1v) is 8.05. The molecule has 3 aromatic rings. The van der Waals surface area contributed by atoms with Gasteiger partial charge in [0.25, 0.3) is 5.69 Å². The third-order valence-electron chi connectivity index (χ3n) is 3.18. The Morgan fingerprint density at radius 1 is 1.21 bits per heavy atom. The second-order valence-corrected chi connectivity index (χ2v) is 6.53. The van der Waals surface area contributed by atoms with Gasteiger partial charge in [-0.1, -0.05) is 23.7 Å². The van der Waals surface area contributed by atoms with Crippen molar-refractivity contribution in [1.82, 2.24) is 0 Å². The summed E-state index contributed by atoms with van der Waals surface area (Å²) >= 11 is 7.01.